The van der Waals surface area contributed by atoms with Gasteiger partial charge in [-0.1, -0.05) is 12.5 Å². The minimum atomic E-state index is -4.69. The van der Waals surface area contributed by atoms with Crippen molar-refractivity contribution >= 4 is 0 Å². The summed E-state index contributed by atoms with van der Waals surface area (Å²) < 4.78 is 47.6. The van der Waals surface area contributed by atoms with Crippen LogP contribution in [0, 0.1) is 6.92 Å². The van der Waals surface area contributed by atoms with Crippen LogP contribution < -0.4 is 9.47 Å². The number of hydrogen-bond acceptors (Lipinski definition) is 2. The van der Waals surface area contributed by atoms with E-state index < -0.39 is 6.36 Å². The molecule has 20 heavy (non-hydrogen) atoms. The molecule has 0 amide bonds. The molecule has 0 N–H and O–H groups in total. The zero-order chi connectivity index (χ0) is 14.3. The summed E-state index contributed by atoms with van der Waals surface area (Å²) in [5, 5.41) is 0. The van der Waals surface area contributed by atoms with Crippen LogP contribution in [0.25, 0.3) is 0 Å². The van der Waals surface area contributed by atoms with Gasteiger partial charge in [-0.3, -0.25) is 0 Å². The minimum Gasteiger partial charge on any atom is -0.487 e. The summed E-state index contributed by atoms with van der Waals surface area (Å²) in [6, 6.07) is 3.51. The second-order valence-electron chi connectivity index (χ2n) is 5.60. The highest BCUT2D eigenvalue weighted by atomic mass is 19.4. The maximum atomic E-state index is 12.6. The quantitative estimate of drug-likeness (QED) is 0.798. The van der Waals surface area contributed by atoms with Crippen molar-refractivity contribution in [3.8, 4) is 11.5 Å². The first kappa shape index (κ1) is 13.6. The van der Waals surface area contributed by atoms with Crippen LogP contribution >= 0.6 is 0 Å². The Labute approximate surface area is 115 Å². The van der Waals surface area contributed by atoms with E-state index in [1.807, 2.05) is 6.07 Å². The molecule has 0 radical (unpaired) electrons. The van der Waals surface area contributed by atoms with Crippen LogP contribution in [0.15, 0.2) is 12.1 Å². The van der Waals surface area contributed by atoms with Gasteiger partial charge >= 0.3 is 6.36 Å². The summed E-state index contributed by atoms with van der Waals surface area (Å²) in [6.07, 6.45) is 0.359. The topological polar surface area (TPSA) is 18.5 Å². The van der Waals surface area contributed by atoms with Gasteiger partial charge in [-0.15, -0.1) is 13.2 Å². The molecule has 2 aliphatic carbocycles. The highest BCUT2D eigenvalue weighted by molar-refractivity contribution is 5.52. The van der Waals surface area contributed by atoms with Crippen molar-refractivity contribution in [1.29, 1.82) is 0 Å². The second kappa shape index (κ2) is 4.86. The van der Waals surface area contributed by atoms with Gasteiger partial charge in [0.2, 0.25) is 0 Å². The molecule has 0 unspecified atom stereocenters. The van der Waals surface area contributed by atoms with Crippen molar-refractivity contribution in [2.45, 2.75) is 57.4 Å². The van der Waals surface area contributed by atoms with Crippen LogP contribution in [0.5, 0.6) is 11.5 Å². The molecule has 0 atom stereocenters. The number of alkyl halides is 3. The molecule has 2 nitrogen and oxygen atoms in total. The Kier molecular flexibility index (Phi) is 3.30. The van der Waals surface area contributed by atoms with Crippen LogP contribution in [-0.4, -0.2) is 12.5 Å². The zero-order valence-electron chi connectivity index (χ0n) is 11.3. The fourth-order valence-electron chi connectivity index (χ4n) is 2.54. The Balaban J connectivity index is 1.94. The molecule has 110 valence electrons. The van der Waals surface area contributed by atoms with Gasteiger partial charge in [0.15, 0.2) is 11.5 Å². The van der Waals surface area contributed by atoms with Gasteiger partial charge in [-0.25, -0.2) is 0 Å². The summed E-state index contributed by atoms with van der Waals surface area (Å²) in [4.78, 5) is 0. The number of hydrogen-bond donors (Lipinski definition) is 0. The Bertz CT molecular complexity index is 503. The molecule has 5 heteroatoms. The Hall–Kier alpha value is -1.39. The van der Waals surface area contributed by atoms with E-state index in [1.54, 1.807) is 13.0 Å². The molecule has 2 fully saturated rings. The molecule has 1 aromatic rings. The fourth-order valence-corrected chi connectivity index (χ4v) is 2.54. The predicted octanol–water partition coefficient (Wildman–Crippen LogP) is 4.70. The normalized spacial score (nSPS) is 19.6. The molecule has 2 aliphatic rings. The molecule has 2 saturated carbocycles. The lowest BCUT2D eigenvalue weighted by Gasteiger charge is -2.29. The van der Waals surface area contributed by atoms with Crippen molar-refractivity contribution in [2.24, 2.45) is 0 Å². The average molecular weight is 286 g/mol. The molecular weight excluding hydrogens is 269 g/mol. The van der Waals surface area contributed by atoms with Gasteiger partial charge in [-0.2, -0.15) is 0 Å². The number of benzene rings is 1. The van der Waals surface area contributed by atoms with E-state index in [0.717, 1.165) is 37.7 Å². The van der Waals surface area contributed by atoms with Crippen LogP contribution in [0.2, 0.25) is 0 Å². The van der Waals surface area contributed by atoms with Gasteiger partial charge in [-0.05, 0) is 55.7 Å². The summed E-state index contributed by atoms with van der Waals surface area (Å²) in [5.74, 6) is 0.416. The van der Waals surface area contributed by atoms with E-state index in [4.69, 9.17) is 4.74 Å². The van der Waals surface area contributed by atoms with Gasteiger partial charge < -0.3 is 9.47 Å². The van der Waals surface area contributed by atoms with Gasteiger partial charge in [0.05, 0.1) is 6.10 Å². The second-order valence-corrected chi connectivity index (χ2v) is 5.60. The highest BCUT2D eigenvalue weighted by Crippen LogP contribution is 2.45. The Morgan fingerprint density at radius 2 is 1.80 bits per heavy atom. The van der Waals surface area contributed by atoms with Gasteiger partial charge in [0, 0.05) is 0 Å². The monoisotopic (exact) mass is 286 g/mol. The SMILES string of the molecule is Cc1c(C2CCC2)ccc(OC2CC2)c1OC(F)(F)F. The van der Waals surface area contributed by atoms with E-state index in [0.29, 0.717) is 11.5 Å². The third-order valence-corrected chi connectivity index (χ3v) is 3.99. The number of ether oxygens (including phenoxy) is 2. The third kappa shape index (κ3) is 2.86. The zero-order valence-corrected chi connectivity index (χ0v) is 11.3. The van der Waals surface area contributed by atoms with Crippen LogP contribution in [0.4, 0.5) is 13.2 Å². The minimum absolute atomic E-state index is 0.0412. The molecule has 0 saturated heterocycles. The number of rotatable bonds is 4. The maximum absolute atomic E-state index is 12.6. The largest absolute Gasteiger partial charge is 0.573 e. The smallest absolute Gasteiger partial charge is 0.487 e. The molecule has 0 spiro atoms. The van der Waals surface area contributed by atoms with Crippen molar-refractivity contribution < 1.29 is 22.6 Å². The van der Waals surface area contributed by atoms with Crippen molar-refractivity contribution in [3.63, 3.8) is 0 Å². The molecule has 3 rings (SSSR count). The van der Waals surface area contributed by atoms with E-state index >= 15 is 0 Å². The molecule has 1 aromatic carbocycles. The summed E-state index contributed by atoms with van der Waals surface area (Å²) in [7, 11) is 0. The molecule has 0 heterocycles. The summed E-state index contributed by atoms with van der Waals surface area (Å²) in [6.45, 7) is 1.69. The average Bonchev–Trinajstić information content (AvgIpc) is 3.07. The molecule has 0 bridgehead atoms. The maximum Gasteiger partial charge on any atom is 0.573 e. The molecule has 0 aromatic heterocycles. The predicted molar refractivity (Wildman–Crippen MR) is 68.1 cm³/mol. The lowest BCUT2D eigenvalue weighted by molar-refractivity contribution is -0.275. The first-order valence-corrected chi connectivity index (χ1v) is 7.00. The first-order chi connectivity index (χ1) is 9.44. The van der Waals surface area contributed by atoms with E-state index in [1.165, 1.54) is 0 Å². The molecular formula is C15H17F3O2. The van der Waals surface area contributed by atoms with E-state index in [9.17, 15) is 13.2 Å². The van der Waals surface area contributed by atoms with Crippen LogP contribution in [-0.2, 0) is 0 Å². The lowest BCUT2D eigenvalue weighted by Crippen LogP contribution is -2.20. The Morgan fingerprint density at radius 3 is 2.30 bits per heavy atom. The fraction of sp³-hybridized carbons (Fsp3) is 0.600. The third-order valence-electron chi connectivity index (χ3n) is 3.99. The first-order valence-electron chi connectivity index (χ1n) is 7.00. The van der Waals surface area contributed by atoms with Crippen LogP contribution in [0.1, 0.15) is 49.1 Å². The highest BCUT2D eigenvalue weighted by Gasteiger charge is 2.36. The molecule has 0 aliphatic heterocycles. The van der Waals surface area contributed by atoms with Crippen molar-refractivity contribution in [2.75, 3.05) is 0 Å². The van der Waals surface area contributed by atoms with E-state index in [2.05, 4.69) is 4.74 Å². The van der Waals surface area contributed by atoms with Gasteiger partial charge in [0.1, 0.15) is 0 Å². The Morgan fingerprint density at radius 1 is 1.10 bits per heavy atom. The summed E-state index contributed by atoms with van der Waals surface area (Å²) >= 11 is 0. The van der Waals surface area contributed by atoms with Gasteiger partial charge in [0.25, 0.3) is 0 Å². The summed E-state index contributed by atoms with van der Waals surface area (Å²) in [5.41, 5.74) is 1.52. The number of halogens is 3. The van der Waals surface area contributed by atoms with E-state index in [-0.39, 0.29) is 17.6 Å². The van der Waals surface area contributed by atoms with Crippen molar-refractivity contribution in [3.05, 3.63) is 23.3 Å². The lowest BCUT2D eigenvalue weighted by atomic mass is 9.78. The van der Waals surface area contributed by atoms with Crippen molar-refractivity contribution in [1.82, 2.24) is 0 Å². The standard InChI is InChI=1S/C15H17F3O2/c1-9-12(10-3-2-4-10)7-8-13(19-11-5-6-11)14(9)20-15(16,17)18/h7-8,10-11H,2-6H2,1H3. The van der Waals surface area contributed by atoms with Crippen LogP contribution in [0.3, 0.4) is 0 Å².